The van der Waals surface area contributed by atoms with E-state index in [-0.39, 0.29) is 12.1 Å². The van der Waals surface area contributed by atoms with Gasteiger partial charge in [0.25, 0.3) is 0 Å². The van der Waals surface area contributed by atoms with Crippen LogP contribution in [-0.4, -0.2) is 37.2 Å². The molecule has 0 aliphatic rings. The first-order valence-corrected chi connectivity index (χ1v) is 7.28. The van der Waals surface area contributed by atoms with Crippen LogP contribution in [0.15, 0.2) is 0 Å². The molecule has 17 heavy (non-hydrogen) atoms. The highest BCUT2D eigenvalue weighted by molar-refractivity contribution is 9.09. The molecule has 5 heteroatoms. The van der Waals surface area contributed by atoms with Crippen LogP contribution in [0.3, 0.4) is 0 Å². The number of rotatable bonds is 10. The third-order valence-corrected chi connectivity index (χ3v) is 3.04. The van der Waals surface area contributed by atoms with Gasteiger partial charge in [-0.3, -0.25) is 4.79 Å². The van der Waals surface area contributed by atoms with Crippen LogP contribution in [0.1, 0.15) is 39.0 Å². The lowest BCUT2D eigenvalue weighted by molar-refractivity contribution is -0.142. The minimum Gasteiger partial charge on any atom is -0.468 e. The summed E-state index contributed by atoms with van der Waals surface area (Å²) in [5.41, 5.74) is 5.69. The van der Waals surface area contributed by atoms with E-state index in [9.17, 15) is 4.79 Å². The molecule has 2 atom stereocenters. The Hall–Kier alpha value is -0.130. The summed E-state index contributed by atoms with van der Waals surface area (Å²) in [7, 11) is 1.36. The highest BCUT2D eigenvalue weighted by Gasteiger charge is 2.16. The maximum Gasteiger partial charge on any atom is 0.322 e. The molecule has 0 saturated carbocycles. The summed E-state index contributed by atoms with van der Waals surface area (Å²) in [5, 5.41) is 0.900. The number of carbonyl (C=O) groups excluding carboxylic acids is 1. The number of nitrogens with two attached hydrogens (primary N) is 1. The number of halogens is 1. The van der Waals surface area contributed by atoms with Crippen LogP contribution in [0.2, 0.25) is 0 Å². The molecule has 2 N–H and O–H groups in total. The average molecular weight is 310 g/mol. The molecule has 0 aromatic carbocycles. The van der Waals surface area contributed by atoms with Crippen molar-refractivity contribution in [3.63, 3.8) is 0 Å². The van der Waals surface area contributed by atoms with Gasteiger partial charge >= 0.3 is 5.97 Å². The molecular weight excluding hydrogens is 286 g/mol. The number of hydrogen-bond acceptors (Lipinski definition) is 4. The van der Waals surface area contributed by atoms with Crippen LogP contribution in [0.4, 0.5) is 0 Å². The third-order valence-electron chi connectivity index (χ3n) is 2.59. The molecule has 102 valence electrons. The predicted octanol–water partition coefficient (Wildman–Crippen LogP) is 2.24. The van der Waals surface area contributed by atoms with Crippen LogP contribution in [0.5, 0.6) is 0 Å². The lowest BCUT2D eigenvalue weighted by atomic mass is 10.1. The third kappa shape index (κ3) is 8.57. The molecule has 0 aliphatic carbocycles. The number of unbranched alkanes of at least 4 members (excludes halogenated alkanes) is 1. The summed E-state index contributed by atoms with van der Waals surface area (Å²) < 4.78 is 10.3. The lowest BCUT2D eigenvalue weighted by Gasteiger charge is -2.18. The van der Waals surface area contributed by atoms with E-state index >= 15 is 0 Å². The smallest absolute Gasteiger partial charge is 0.322 e. The van der Waals surface area contributed by atoms with Gasteiger partial charge in [0.2, 0.25) is 0 Å². The Labute approximate surface area is 112 Å². The van der Waals surface area contributed by atoms with E-state index in [1.165, 1.54) is 7.11 Å². The lowest BCUT2D eigenvalue weighted by Crippen LogP contribution is -2.32. The molecule has 0 rings (SSSR count). The molecular formula is C12H24BrNO3. The number of ether oxygens (including phenoxy) is 2. The van der Waals surface area contributed by atoms with Crippen molar-refractivity contribution in [3.8, 4) is 0 Å². The Morgan fingerprint density at radius 2 is 2.06 bits per heavy atom. The molecule has 4 nitrogen and oxygen atoms in total. The van der Waals surface area contributed by atoms with Crippen molar-refractivity contribution in [3.05, 3.63) is 0 Å². The standard InChI is InChI=1S/C12H24BrNO3/c1-3-4-9-17-10(7-8-13)5-6-11(14)12(15)16-2/h10-11H,3-9,14H2,1-2H3/t10?,11-/m0/s1. The molecule has 0 bridgehead atoms. The summed E-state index contributed by atoms with van der Waals surface area (Å²) in [5.74, 6) is -0.351. The molecule has 0 saturated heterocycles. The zero-order valence-corrected chi connectivity index (χ0v) is 12.4. The van der Waals surface area contributed by atoms with Crippen LogP contribution in [-0.2, 0) is 14.3 Å². The van der Waals surface area contributed by atoms with Gasteiger partial charge in [-0.05, 0) is 25.7 Å². The van der Waals surface area contributed by atoms with Crippen LogP contribution >= 0.6 is 15.9 Å². The van der Waals surface area contributed by atoms with Crippen molar-refractivity contribution in [1.82, 2.24) is 0 Å². The van der Waals surface area contributed by atoms with Gasteiger partial charge in [0.1, 0.15) is 6.04 Å². The van der Waals surface area contributed by atoms with Gasteiger partial charge < -0.3 is 15.2 Å². The first kappa shape index (κ1) is 16.9. The van der Waals surface area contributed by atoms with E-state index in [0.717, 1.165) is 37.6 Å². The van der Waals surface area contributed by atoms with Crippen molar-refractivity contribution in [2.24, 2.45) is 5.73 Å². The molecule has 0 radical (unpaired) electrons. The maximum absolute atomic E-state index is 11.1. The van der Waals surface area contributed by atoms with Crippen molar-refractivity contribution in [2.45, 2.75) is 51.2 Å². The summed E-state index contributed by atoms with van der Waals surface area (Å²) >= 11 is 3.41. The van der Waals surface area contributed by atoms with Gasteiger partial charge in [0, 0.05) is 11.9 Å². The Morgan fingerprint density at radius 1 is 1.35 bits per heavy atom. The molecule has 0 spiro atoms. The fourth-order valence-corrected chi connectivity index (χ4v) is 1.97. The Kier molecular flexibility index (Phi) is 10.9. The maximum atomic E-state index is 11.1. The number of esters is 1. The summed E-state index contributed by atoms with van der Waals surface area (Å²) in [4.78, 5) is 11.1. The topological polar surface area (TPSA) is 61.5 Å². The second-order valence-corrected chi connectivity index (χ2v) is 4.82. The van der Waals surface area contributed by atoms with Crippen molar-refractivity contribution < 1.29 is 14.3 Å². The van der Waals surface area contributed by atoms with E-state index in [2.05, 4.69) is 27.6 Å². The van der Waals surface area contributed by atoms with Gasteiger partial charge in [-0.15, -0.1) is 0 Å². The minimum absolute atomic E-state index is 0.177. The zero-order valence-electron chi connectivity index (χ0n) is 10.8. The Bertz CT molecular complexity index is 202. The van der Waals surface area contributed by atoms with E-state index in [1.807, 2.05) is 0 Å². The molecule has 1 unspecified atom stereocenters. The van der Waals surface area contributed by atoms with E-state index in [1.54, 1.807) is 0 Å². The highest BCUT2D eigenvalue weighted by Crippen LogP contribution is 2.11. The summed E-state index contributed by atoms with van der Waals surface area (Å²) in [6.07, 6.45) is 4.72. The molecule has 0 amide bonds. The predicted molar refractivity (Wildman–Crippen MR) is 72.3 cm³/mol. The van der Waals surface area contributed by atoms with E-state index in [0.29, 0.717) is 6.42 Å². The summed E-state index contributed by atoms with van der Waals surface area (Å²) in [6, 6.07) is -0.535. The second kappa shape index (κ2) is 11.0. The average Bonchev–Trinajstić information content (AvgIpc) is 2.34. The number of alkyl halides is 1. The first-order chi connectivity index (χ1) is 8.15. The summed E-state index contributed by atoms with van der Waals surface area (Å²) in [6.45, 7) is 2.91. The van der Waals surface area contributed by atoms with Crippen molar-refractivity contribution in [1.29, 1.82) is 0 Å². The molecule has 0 aromatic heterocycles. The van der Waals surface area contributed by atoms with Gasteiger partial charge in [-0.25, -0.2) is 0 Å². The second-order valence-electron chi connectivity index (χ2n) is 4.03. The van der Waals surface area contributed by atoms with Crippen LogP contribution in [0.25, 0.3) is 0 Å². The number of carbonyl (C=O) groups is 1. The fraction of sp³-hybridized carbons (Fsp3) is 0.917. The van der Waals surface area contributed by atoms with Crippen molar-refractivity contribution in [2.75, 3.05) is 19.0 Å². The zero-order chi connectivity index (χ0) is 13.1. The highest BCUT2D eigenvalue weighted by atomic mass is 79.9. The van der Waals surface area contributed by atoms with E-state index in [4.69, 9.17) is 10.5 Å². The molecule has 0 aromatic rings. The molecule has 0 heterocycles. The number of hydrogen-bond donors (Lipinski definition) is 1. The monoisotopic (exact) mass is 309 g/mol. The van der Waals surface area contributed by atoms with Gasteiger partial charge in [-0.2, -0.15) is 0 Å². The quantitative estimate of drug-likeness (QED) is 0.382. The number of methoxy groups -OCH3 is 1. The minimum atomic E-state index is -0.535. The van der Waals surface area contributed by atoms with Crippen LogP contribution < -0.4 is 5.73 Å². The van der Waals surface area contributed by atoms with Gasteiger partial charge in [-0.1, -0.05) is 29.3 Å². The van der Waals surface area contributed by atoms with Crippen LogP contribution in [0, 0.1) is 0 Å². The fourth-order valence-electron chi connectivity index (χ4n) is 1.46. The Morgan fingerprint density at radius 3 is 2.59 bits per heavy atom. The molecule has 0 aliphatic heterocycles. The van der Waals surface area contributed by atoms with Crippen molar-refractivity contribution >= 4 is 21.9 Å². The largest absolute Gasteiger partial charge is 0.468 e. The Balaban J connectivity index is 3.86. The SMILES string of the molecule is CCCCOC(CCBr)CC[C@H](N)C(=O)OC. The first-order valence-electron chi connectivity index (χ1n) is 6.16. The van der Waals surface area contributed by atoms with E-state index < -0.39 is 6.04 Å². The normalized spacial score (nSPS) is 14.4. The van der Waals surface area contributed by atoms with Gasteiger partial charge in [0.05, 0.1) is 13.2 Å². The van der Waals surface area contributed by atoms with Gasteiger partial charge in [0.15, 0.2) is 0 Å². The molecule has 0 fully saturated rings.